The number of rotatable bonds is 4. The predicted octanol–water partition coefficient (Wildman–Crippen LogP) is 2.24. The highest BCUT2D eigenvalue weighted by Crippen LogP contribution is 2.26. The quantitative estimate of drug-likeness (QED) is 0.934. The molecule has 5 nitrogen and oxygen atoms in total. The lowest BCUT2D eigenvalue weighted by molar-refractivity contribution is 0.102. The maximum absolute atomic E-state index is 4.87. The summed E-state index contributed by atoms with van der Waals surface area (Å²) in [6.07, 6.45) is 1.40. The van der Waals surface area contributed by atoms with Gasteiger partial charge in [0.2, 0.25) is 6.39 Å². The van der Waals surface area contributed by atoms with Gasteiger partial charge in [-0.2, -0.15) is 4.98 Å². The number of hydrogen-bond acceptors (Lipinski definition) is 5. The van der Waals surface area contributed by atoms with E-state index in [1.165, 1.54) is 12.0 Å². The smallest absolute Gasteiger partial charge is 0.213 e. The summed E-state index contributed by atoms with van der Waals surface area (Å²) in [5.74, 6) is 1.36. The monoisotopic (exact) mass is 286 g/mol. The SMILES string of the molecule is CC(C)C1CN(Cc2ncon2)C(c2ccccc2)CN1. The Morgan fingerprint density at radius 1 is 1.33 bits per heavy atom. The Labute approximate surface area is 125 Å². The minimum atomic E-state index is 0.347. The summed E-state index contributed by atoms with van der Waals surface area (Å²) in [4.78, 5) is 6.61. The van der Waals surface area contributed by atoms with E-state index in [4.69, 9.17) is 4.52 Å². The summed E-state index contributed by atoms with van der Waals surface area (Å²) in [7, 11) is 0. The standard InChI is InChI=1S/C16H22N4O/c1-12(2)14-9-20(10-16-18-11-21-19-16)15(8-17-14)13-6-4-3-5-7-13/h3-7,11-12,14-15,17H,8-10H2,1-2H3. The van der Waals surface area contributed by atoms with Crippen molar-refractivity contribution in [3.8, 4) is 0 Å². The second-order valence-corrected chi connectivity index (χ2v) is 5.96. The van der Waals surface area contributed by atoms with E-state index in [-0.39, 0.29) is 0 Å². The molecule has 2 unspecified atom stereocenters. The highest BCUT2D eigenvalue weighted by molar-refractivity contribution is 5.20. The van der Waals surface area contributed by atoms with Crippen LogP contribution in [-0.4, -0.2) is 34.2 Å². The molecule has 1 fully saturated rings. The molecule has 0 aliphatic carbocycles. The number of aromatic nitrogens is 2. The molecular formula is C16H22N4O. The van der Waals surface area contributed by atoms with Crippen molar-refractivity contribution < 1.29 is 4.52 Å². The Balaban J connectivity index is 1.80. The summed E-state index contributed by atoms with van der Waals surface area (Å²) >= 11 is 0. The van der Waals surface area contributed by atoms with Crippen molar-refractivity contribution in [2.75, 3.05) is 13.1 Å². The zero-order chi connectivity index (χ0) is 14.7. The minimum absolute atomic E-state index is 0.347. The van der Waals surface area contributed by atoms with Gasteiger partial charge in [0.15, 0.2) is 5.82 Å². The van der Waals surface area contributed by atoms with Gasteiger partial charge in [-0.15, -0.1) is 0 Å². The van der Waals surface area contributed by atoms with Crippen molar-refractivity contribution in [1.82, 2.24) is 20.4 Å². The molecule has 0 radical (unpaired) electrons. The zero-order valence-electron chi connectivity index (χ0n) is 12.6. The van der Waals surface area contributed by atoms with Gasteiger partial charge in [-0.05, 0) is 11.5 Å². The van der Waals surface area contributed by atoms with Gasteiger partial charge >= 0.3 is 0 Å². The summed E-state index contributed by atoms with van der Waals surface area (Å²) < 4.78 is 4.87. The third-order valence-electron chi connectivity index (χ3n) is 4.19. The molecule has 1 aromatic carbocycles. The Morgan fingerprint density at radius 3 is 2.81 bits per heavy atom. The van der Waals surface area contributed by atoms with Gasteiger partial charge in [0.1, 0.15) is 0 Å². The largest absolute Gasteiger partial charge is 0.343 e. The van der Waals surface area contributed by atoms with Gasteiger partial charge in [0.05, 0.1) is 6.54 Å². The molecule has 0 bridgehead atoms. The van der Waals surface area contributed by atoms with Gasteiger partial charge in [-0.3, -0.25) is 4.90 Å². The van der Waals surface area contributed by atoms with E-state index in [1.807, 2.05) is 0 Å². The van der Waals surface area contributed by atoms with Gasteiger partial charge in [-0.25, -0.2) is 0 Å². The lowest BCUT2D eigenvalue weighted by Gasteiger charge is -2.41. The van der Waals surface area contributed by atoms with Crippen LogP contribution in [0.5, 0.6) is 0 Å². The summed E-state index contributed by atoms with van der Waals surface area (Å²) in [6, 6.07) is 11.5. The highest BCUT2D eigenvalue weighted by Gasteiger charge is 2.30. The molecule has 0 spiro atoms. The maximum atomic E-state index is 4.87. The van der Waals surface area contributed by atoms with Crippen molar-refractivity contribution in [3.05, 3.63) is 48.1 Å². The van der Waals surface area contributed by atoms with Crippen LogP contribution in [0.3, 0.4) is 0 Å². The second kappa shape index (κ2) is 6.37. The van der Waals surface area contributed by atoms with Gasteiger partial charge in [0, 0.05) is 25.2 Å². The molecule has 2 atom stereocenters. The molecule has 1 aliphatic heterocycles. The van der Waals surface area contributed by atoms with Crippen molar-refractivity contribution in [1.29, 1.82) is 0 Å². The molecule has 1 aromatic heterocycles. The van der Waals surface area contributed by atoms with Crippen LogP contribution in [0.15, 0.2) is 41.2 Å². The second-order valence-electron chi connectivity index (χ2n) is 5.96. The van der Waals surface area contributed by atoms with Crippen LogP contribution in [0.1, 0.15) is 31.3 Å². The summed E-state index contributed by atoms with van der Waals surface area (Å²) in [5, 5.41) is 7.63. The Morgan fingerprint density at radius 2 is 2.14 bits per heavy atom. The number of benzene rings is 1. The molecule has 112 valence electrons. The first-order valence-corrected chi connectivity index (χ1v) is 7.51. The number of nitrogens with one attached hydrogen (secondary N) is 1. The normalized spacial score (nSPS) is 23.6. The van der Waals surface area contributed by atoms with Gasteiger partial charge in [-0.1, -0.05) is 49.3 Å². The summed E-state index contributed by atoms with van der Waals surface area (Å²) in [6.45, 7) is 7.18. The molecule has 21 heavy (non-hydrogen) atoms. The fraction of sp³-hybridized carbons (Fsp3) is 0.500. The number of piperazine rings is 1. The average Bonchev–Trinajstić information content (AvgIpc) is 3.01. The van der Waals surface area contributed by atoms with E-state index in [0.29, 0.717) is 18.0 Å². The highest BCUT2D eigenvalue weighted by atomic mass is 16.5. The van der Waals surface area contributed by atoms with E-state index in [1.54, 1.807) is 0 Å². The first-order chi connectivity index (χ1) is 10.2. The topological polar surface area (TPSA) is 54.2 Å². The Hall–Kier alpha value is -1.72. The first-order valence-electron chi connectivity index (χ1n) is 7.51. The van der Waals surface area contributed by atoms with Gasteiger partial charge < -0.3 is 9.84 Å². The fourth-order valence-electron chi connectivity index (χ4n) is 2.91. The molecular weight excluding hydrogens is 264 g/mol. The van der Waals surface area contributed by atoms with Crippen LogP contribution < -0.4 is 5.32 Å². The molecule has 1 aliphatic rings. The molecule has 0 amide bonds. The number of hydrogen-bond donors (Lipinski definition) is 1. The molecule has 2 aromatic rings. The lowest BCUT2D eigenvalue weighted by atomic mass is 9.96. The van der Waals surface area contributed by atoms with Crippen LogP contribution in [-0.2, 0) is 6.54 Å². The molecule has 5 heteroatoms. The first kappa shape index (κ1) is 14.2. The van der Waals surface area contributed by atoms with Crippen molar-refractivity contribution in [2.24, 2.45) is 5.92 Å². The lowest BCUT2D eigenvalue weighted by Crippen LogP contribution is -2.53. The van der Waals surface area contributed by atoms with E-state index in [0.717, 1.165) is 25.5 Å². The van der Waals surface area contributed by atoms with Crippen LogP contribution in [0, 0.1) is 5.92 Å². The van der Waals surface area contributed by atoms with E-state index < -0.39 is 0 Å². The zero-order valence-corrected chi connectivity index (χ0v) is 12.6. The van der Waals surface area contributed by atoms with Crippen LogP contribution >= 0.6 is 0 Å². The number of nitrogens with zero attached hydrogens (tertiary/aromatic N) is 3. The van der Waals surface area contributed by atoms with Crippen molar-refractivity contribution in [3.63, 3.8) is 0 Å². The van der Waals surface area contributed by atoms with Crippen molar-refractivity contribution in [2.45, 2.75) is 32.5 Å². The van der Waals surface area contributed by atoms with Crippen LogP contribution in [0.25, 0.3) is 0 Å². The Kier molecular flexibility index (Phi) is 4.31. The van der Waals surface area contributed by atoms with Crippen molar-refractivity contribution >= 4 is 0 Å². The summed E-state index contributed by atoms with van der Waals surface area (Å²) in [5.41, 5.74) is 1.33. The molecule has 3 rings (SSSR count). The van der Waals surface area contributed by atoms with Crippen LogP contribution in [0.2, 0.25) is 0 Å². The average molecular weight is 286 g/mol. The predicted molar refractivity (Wildman–Crippen MR) is 80.5 cm³/mol. The fourth-order valence-corrected chi connectivity index (χ4v) is 2.91. The Bertz CT molecular complexity index is 541. The van der Waals surface area contributed by atoms with E-state index in [2.05, 4.69) is 64.5 Å². The van der Waals surface area contributed by atoms with Crippen LogP contribution in [0.4, 0.5) is 0 Å². The third-order valence-corrected chi connectivity index (χ3v) is 4.19. The van der Waals surface area contributed by atoms with E-state index >= 15 is 0 Å². The molecule has 2 heterocycles. The molecule has 1 N–H and O–H groups in total. The molecule has 1 saturated heterocycles. The molecule has 0 saturated carbocycles. The maximum Gasteiger partial charge on any atom is 0.213 e. The van der Waals surface area contributed by atoms with E-state index in [9.17, 15) is 0 Å². The van der Waals surface area contributed by atoms with Gasteiger partial charge in [0.25, 0.3) is 0 Å². The minimum Gasteiger partial charge on any atom is -0.343 e. The third kappa shape index (κ3) is 3.31.